The van der Waals surface area contributed by atoms with Crippen LogP contribution in [0.2, 0.25) is 5.02 Å². The Bertz CT molecular complexity index is 892. The fourth-order valence-corrected chi connectivity index (χ4v) is 3.99. The fraction of sp³-hybridized carbons (Fsp3) is 0.417. The Morgan fingerprint density at radius 2 is 1.73 bits per heavy atom. The SMILES string of the molecule is Cc1cccc(CN2CCN(C(=O)[C@@H](NC(=O)c3ccccc3Cl)C(C)C)CC2)c1. The van der Waals surface area contributed by atoms with E-state index in [0.717, 1.165) is 19.6 Å². The van der Waals surface area contributed by atoms with Gasteiger partial charge in [0.1, 0.15) is 6.04 Å². The molecule has 160 valence electrons. The summed E-state index contributed by atoms with van der Waals surface area (Å²) in [6.07, 6.45) is 0. The van der Waals surface area contributed by atoms with Gasteiger partial charge in [-0.25, -0.2) is 0 Å². The van der Waals surface area contributed by atoms with Crippen molar-refractivity contribution < 1.29 is 9.59 Å². The Labute approximate surface area is 184 Å². The summed E-state index contributed by atoms with van der Waals surface area (Å²) in [5, 5.41) is 3.28. The number of hydrogen-bond acceptors (Lipinski definition) is 3. The Balaban J connectivity index is 1.59. The van der Waals surface area contributed by atoms with E-state index in [1.165, 1.54) is 11.1 Å². The molecular weight excluding hydrogens is 398 g/mol. The highest BCUT2D eigenvalue weighted by Crippen LogP contribution is 2.17. The van der Waals surface area contributed by atoms with Crippen molar-refractivity contribution in [1.29, 1.82) is 0 Å². The smallest absolute Gasteiger partial charge is 0.253 e. The van der Waals surface area contributed by atoms with E-state index in [2.05, 4.69) is 41.4 Å². The van der Waals surface area contributed by atoms with E-state index in [-0.39, 0.29) is 17.7 Å². The van der Waals surface area contributed by atoms with E-state index in [0.29, 0.717) is 23.7 Å². The predicted octanol–water partition coefficient (Wildman–Crippen LogP) is 3.75. The minimum atomic E-state index is -0.572. The number of nitrogens with one attached hydrogen (secondary N) is 1. The van der Waals surface area contributed by atoms with Crippen molar-refractivity contribution >= 4 is 23.4 Å². The maximum atomic E-state index is 13.2. The van der Waals surface area contributed by atoms with Gasteiger partial charge in [0.15, 0.2) is 0 Å². The summed E-state index contributed by atoms with van der Waals surface area (Å²) in [7, 11) is 0. The third-order valence-electron chi connectivity index (χ3n) is 5.51. The summed E-state index contributed by atoms with van der Waals surface area (Å²) in [5.41, 5.74) is 2.94. The van der Waals surface area contributed by atoms with Crippen molar-refractivity contribution in [3.05, 3.63) is 70.2 Å². The molecule has 3 rings (SSSR count). The Morgan fingerprint density at radius 1 is 1.03 bits per heavy atom. The number of rotatable bonds is 6. The summed E-state index contributed by atoms with van der Waals surface area (Å²) >= 11 is 6.14. The fourth-order valence-electron chi connectivity index (χ4n) is 3.77. The average molecular weight is 428 g/mol. The van der Waals surface area contributed by atoms with Crippen molar-refractivity contribution in [1.82, 2.24) is 15.1 Å². The molecule has 0 radical (unpaired) electrons. The zero-order valence-corrected chi connectivity index (χ0v) is 18.7. The molecule has 1 aliphatic rings. The summed E-state index contributed by atoms with van der Waals surface area (Å²) in [4.78, 5) is 30.1. The number of halogens is 1. The molecule has 30 heavy (non-hydrogen) atoms. The van der Waals surface area contributed by atoms with E-state index in [1.54, 1.807) is 24.3 Å². The van der Waals surface area contributed by atoms with Crippen LogP contribution in [0.25, 0.3) is 0 Å². The third kappa shape index (κ3) is 5.61. The Morgan fingerprint density at radius 3 is 2.37 bits per heavy atom. The second kappa shape index (κ2) is 10.1. The normalized spacial score (nSPS) is 15.8. The molecule has 0 aliphatic carbocycles. The highest BCUT2D eigenvalue weighted by Gasteiger charge is 2.31. The van der Waals surface area contributed by atoms with Crippen molar-refractivity contribution in [3.8, 4) is 0 Å². The second-order valence-corrected chi connectivity index (χ2v) is 8.67. The highest BCUT2D eigenvalue weighted by molar-refractivity contribution is 6.33. The van der Waals surface area contributed by atoms with E-state index in [1.807, 2.05) is 18.7 Å². The number of nitrogens with zero attached hydrogens (tertiary/aromatic N) is 2. The van der Waals surface area contributed by atoms with Crippen LogP contribution in [0.15, 0.2) is 48.5 Å². The summed E-state index contributed by atoms with van der Waals surface area (Å²) < 4.78 is 0. The zero-order chi connectivity index (χ0) is 21.7. The van der Waals surface area contributed by atoms with Gasteiger partial charge in [-0.05, 0) is 30.5 Å². The van der Waals surface area contributed by atoms with Crippen LogP contribution in [-0.2, 0) is 11.3 Å². The number of carbonyl (C=O) groups is 2. The third-order valence-corrected chi connectivity index (χ3v) is 5.84. The standard InChI is InChI=1S/C24H30ClN3O2/c1-17(2)22(26-23(29)20-9-4-5-10-21(20)25)24(30)28-13-11-27(12-14-28)16-19-8-6-7-18(3)15-19/h4-10,15,17,22H,11-14,16H2,1-3H3,(H,26,29)/t22-/m0/s1. The van der Waals surface area contributed by atoms with E-state index < -0.39 is 6.04 Å². The molecule has 2 aromatic carbocycles. The summed E-state index contributed by atoms with van der Waals surface area (Å²) in [6.45, 7) is 9.86. The topological polar surface area (TPSA) is 52.6 Å². The minimum absolute atomic E-state index is 0.0192. The van der Waals surface area contributed by atoms with Crippen LogP contribution < -0.4 is 5.32 Å². The minimum Gasteiger partial charge on any atom is -0.340 e. The lowest BCUT2D eigenvalue weighted by atomic mass is 10.0. The number of aryl methyl sites for hydroxylation is 1. The lowest BCUT2D eigenvalue weighted by Gasteiger charge is -2.37. The zero-order valence-electron chi connectivity index (χ0n) is 17.9. The lowest BCUT2D eigenvalue weighted by Crippen LogP contribution is -2.56. The van der Waals surface area contributed by atoms with Gasteiger partial charge in [-0.3, -0.25) is 14.5 Å². The molecule has 1 fully saturated rings. The largest absolute Gasteiger partial charge is 0.340 e. The van der Waals surface area contributed by atoms with E-state index in [9.17, 15) is 9.59 Å². The van der Waals surface area contributed by atoms with Gasteiger partial charge in [-0.15, -0.1) is 0 Å². The maximum absolute atomic E-state index is 13.2. The van der Waals surface area contributed by atoms with Crippen molar-refractivity contribution in [3.63, 3.8) is 0 Å². The van der Waals surface area contributed by atoms with Gasteiger partial charge in [0.05, 0.1) is 10.6 Å². The summed E-state index contributed by atoms with van der Waals surface area (Å²) in [6, 6.07) is 14.8. The van der Waals surface area contributed by atoms with E-state index in [4.69, 9.17) is 11.6 Å². The van der Waals surface area contributed by atoms with Gasteiger partial charge in [-0.1, -0.05) is 67.4 Å². The van der Waals surface area contributed by atoms with Crippen LogP contribution in [0.5, 0.6) is 0 Å². The predicted molar refractivity (Wildman–Crippen MR) is 121 cm³/mol. The van der Waals surface area contributed by atoms with Gasteiger partial charge in [0.25, 0.3) is 5.91 Å². The molecule has 1 heterocycles. The number of carbonyl (C=O) groups excluding carboxylic acids is 2. The number of hydrogen-bond donors (Lipinski definition) is 1. The van der Waals surface area contributed by atoms with Crippen molar-refractivity contribution in [2.45, 2.75) is 33.4 Å². The molecular formula is C24H30ClN3O2. The van der Waals surface area contributed by atoms with Crippen LogP contribution in [0.3, 0.4) is 0 Å². The molecule has 1 N–H and O–H groups in total. The molecule has 0 aromatic heterocycles. The molecule has 2 aromatic rings. The van der Waals surface area contributed by atoms with Gasteiger partial charge in [-0.2, -0.15) is 0 Å². The van der Waals surface area contributed by atoms with Crippen LogP contribution in [0.4, 0.5) is 0 Å². The van der Waals surface area contributed by atoms with Crippen LogP contribution in [0.1, 0.15) is 35.3 Å². The average Bonchev–Trinajstić information content (AvgIpc) is 2.72. The first kappa shape index (κ1) is 22.3. The molecule has 1 saturated heterocycles. The second-order valence-electron chi connectivity index (χ2n) is 8.27. The number of benzene rings is 2. The Kier molecular flexibility index (Phi) is 7.51. The number of piperazine rings is 1. The summed E-state index contributed by atoms with van der Waals surface area (Å²) in [5.74, 6) is -0.361. The first-order valence-corrected chi connectivity index (χ1v) is 10.8. The molecule has 2 amide bonds. The molecule has 0 spiro atoms. The monoisotopic (exact) mass is 427 g/mol. The molecule has 5 nitrogen and oxygen atoms in total. The van der Waals surface area contributed by atoms with Crippen LogP contribution in [-0.4, -0.2) is 53.8 Å². The lowest BCUT2D eigenvalue weighted by molar-refractivity contribution is -0.136. The molecule has 0 unspecified atom stereocenters. The molecule has 1 atom stereocenters. The first-order chi connectivity index (χ1) is 14.3. The van der Waals surface area contributed by atoms with Gasteiger partial charge in [0.2, 0.25) is 5.91 Å². The first-order valence-electron chi connectivity index (χ1n) is 10.5. The molecule has 1 aliphatic heterocycles. The quantitative estimate of drug-likeness (QED) is 0.763. The van der Waals surface area contributed by atoms with Crippen molar-refractivity contribution in [2.75, 3.05) is 26.2 Å². The van der Waals surface area contributed by atoms with Crippen LogP contribution in [0, 0.1) is 12.8 Å². The van der Waals surface area contributed by atoms with Crippen LogP contribution >= 0.6 is 11.6 Å². The Hall–Kier alpha value is -2.37. The van der Waals surface area contributed by atoms with E-state index >= 15 is 0 Å². The highest BCUT2D eigenvalue weighted by atomic mass is 35.5. The van der Waals surface area contributed by atoms with Gasteiger partial charge >= 0.3 is 0 Å². The van der Waals surface area contributed by atoms with Crippen molar-refractivity contribution in [2.24, 2.45) is 5.92 Å². The maximum Gasteiger partial charge on any atom is 0.253 e. The molecule has 0 saturated carbocycles. The molecule has 0 bridgehead atoms. The van der Waals surface area contributed by atoms with Gasteiger partial charge in [0, 0.05) is 32.7 Å². The molecule has 6 heteroatoms. The van der Waals surface area contributed by atoms with Gasteiger partial charge < -0.3 is 10.2 Å². The number of amides is 2.